The van der Waals surface area contributed by atoms with Gasteiger partial charge >= 0.3 is 0 Å². The van der Waals surface area contributed by atoms with Gasteiger partial charge < -0.3 is 0 Å². The molecule has 0 unspecified atom stereocenters. The second kappa shape index (κ2) is 4.84. The quantitative estimate of drug-likeness (QED) is 0.845. The van der Waals surface area contributed by atoms with E-state index in [-0.39, 0.29) is 4.66 Å². The van der Waals surface area contributed by atoms with Crippen molar-refractivity contribution in [3.05, 3.63) is 27.7 Å². The summed E-state index contributed by atoms with van der Waals surface area (Å²) >= 11 is 6.26. The third kappa shape index (κ3) is 3.46. The molecule has 3 nitrogen and oxygen atoms in total. The zero-order chi connectivity index (χ0) is 11.6. The number of benzene rings is 1. The first kappa shape index (κ1) is 13.0. The predicted octanol–water partition coefficient (Wildman–Crippen LogP) is 3.16. The number of aryl methyl sites for hydroxylation is 2. The number of hydrogen-bond donors (Lipinski definition) is 1. The molecule has 0 atom stereocenters. The van der Waals surface area contributed by atoms with Gasteiger partial charge in [0.05, 0.1) is 5.69 Å². The van der Waals surface area contributed by atoms with Crippen LogP contribution in [0.25, 0.3) is 0 Å². The van der Waals surface area contributed by atoms with Crippen molar-refractivity contribution in [1.29, 1.82) is 0 Å². The number of halogens is 2. The minimum Gasteiger partial charge on any atom is -0.281 e. The highest BCUT2D eigenvalue weighted by Crippen LogP contribution is 2.28. The highest BCUT2D eigenvalue weighted by atomic mass is 79.9. The Bertz CT molecular complexity index is 448. The summed E-state index contributed by atoms with van der Waals surface area (Å²) in [4.78, 5) is 0. The molecule has 1 N–H and O–H groups in total. The summed E-state index contributed by atoms with van der Waals surface area (Å²) in [5, 5.41) is 0. The number of sulfonamides is 1. The van der Waals surface area contributed by atoms with Gasteiger partial charge in [0, 0.05) is 4.47 Å². The van der Waals surface area contributed by atoms with Gasteiger partial charge in [-0.05, 0) is 47.0 Å². The summed E-state index contributed by atoms with van der Waals surface area (Å²) < 4.78 is 25.9. The van der Waals surface area contributed by atoms with Crippen LogP contribution in [0.1, 0.15) is 11.1 Å². The number of nitrogens with one attached hydrogen (secondary N) is 1. The Balaban J connectivity index is 3.17. The van der Waals surface area contributed by atoms with Gasteiger partial charge in [0.2, 0.25) is 10.0 Å². The molecule has 0 amide bonds. The van der Waals surface area contributed by atoms with Gasteiger partial charge in [0.15, 0.2) is 0 Å². The van der Waals surface area contributed by atoms with E-state index in [1.54, 1.807) is 0 Å². The van der Waals surface area contributed by atoms with Crippen LogP contribution in [0.4, 0.5) is 5.69 Å². The molecule has 0 aromatic heterocycles. The number of alkyl halides is 1. The smallest absolute Gasteiger partial charge is 0.242 e. The van der Waals surface area contributed by atoms with Crippen LogP contribution in [0.15, 0.2) is 16.6 Å². The molecule has 0 aliphatic heterocycles. The Morgan fingerprint density at radius 1 is 1.33 bits per heavy atom. The molecule has 0 bridgehead atoms. The average Bonchev–Trinajstić information content (AvgIpc) is 2.11. The molecule has 0 heterocycles. The lowest BCUT2D eigenvalue weighted by atomic mass is 10.1. The number of anilines is 1. The molecular formula is C9H11Br2NO2S. The number of rotatable bonds is 3. The van der Waals surface area contributed by atoms with Gasteiger partial charge in [-0.3, -0.25) is 4.72 Å². The Kier molecular flexibility index (Phi) is 4.20. The maximum absolute atomic E-state index is 11.4. The lowest BCUT2D eigenvalue weighted by Crippen LogP contribution is -2.14. The molecule has 0 aliphatic carbocycles. The molecule has 6 heteroatoms. The standard InChI is InChI=1S/C9H11Br2NO2S/c1-6-3-7(2)9(8(11)4-6)12-15(13,14)5-10/h3-4,12H,5H2,1-2H3. The van der Waals surface area contributed by atoms with E-state index in [0.717, 1.165) is 15.6 Å². The van der Waals surface area contributed by atoms with Crippen molar-refractivity contribution in [3.8, 4) is 0 Å². The Morgan fingerprint density at radius 2 is 1.93 bits per heavy atom. The molecule has 1 rings (SSSR count). The Labute approximate surface area is 107 Å². The Hall–Kier alpha value is -0.0700. The Morgan fingerprint density at radius 3 is 2.40 bits per heavy atom. The van der Waals surface area contributed by atoms with Gasteiger partial charge in [-0.25, -0.2) is 8.42 Å². The molecule has 1 aromatic rings. The van der Waals surface area contributed by atoms with Crippen molar-refractivity contribution in [3.63, 3.8) is 0 Å². The van der Waals surface area contributed by atoms with Gasteiger partial charge in [-0.15, -0.1) is 0 Å². The van der Waals surface area contributed by atoms with Gasteiger partial charge in [0.25, 0.3) is 0 Å². The lowest BCUT2D eigenvalue weighted by molar-refractivity contribution is 0.606. The van der Waals surface area contributed by atoms with E-state index in [9.17, 15) is 8.42 Å². The lowest BCUT2D eigenvalue weighted by Gasteiger charge is -2.11. The van der Waals surface area contributed by atoms with E-state index in [1.165, 1.54) is 0 Å². The normalized spacial score (nSPS) is 11.5. The molecule has 15 heavy (non-hydrogen) atoms. The molecule has 84 valence electrons. The fourth-order valence-electron chi connectivity index (χ4n) is 1.23. The summed E-state index contributed by atoms with van der Waals surface area (Å²) in [6.45, 7) is 3.82. The third-order valence-corrected chi connectivity index (χ3v) is 5.07. The van der Waals surface area contributed by atoms with Gasteiger partial charge in [0.1, 0.15) is 4.66 Å². The highest BCUT2D eigenvalue weighted by Gasteiger charge is 2.12. The van der Waals surface area contributed by atoms with Gasteiger partial charge in [-0.1, -0.05) is 22.0 Å². The van der Waals surface area contributed by atoms with Crippen molar-refractivity contribution in [2.45, 2.75) is 13.8 Å². The summed E-state index contributed by atoms with van der Waals surface area (Å²) in [5.74, 6) is 0. The molecule has 0 saturated heterocycles. The summed E-state index contributed by atoms with van der Waals surface area (Å²) in [6.07, 6.45) is 0. The first-order valence-corrected chi connectivity index (χ1v) is 7.75. The van der Waals surface area contributed by atoms with Crippen LogP contribution in [-0.2, 0) is 10.0 Å². The minimum atomic E-state index is -3.29. The highest BCUT2D eigenvalue weighted by molar-refractivity contribution is 9.11. The molecule has 0 radical (unpaired) electrons. The molecule has 0 saturated carbocycles. The van der Waals surface area contributed by atoms with Crippen LogP contribution in [0.5, 0.6) is 0 Å². The van der Waals surface area contributed by atoms with Crippen LogP contribution < -0.4 is 4.72 Å². The maximum atomic E-state index is 11.4. The third-order valence-electron chi connectivity index (χ3n) is 1.83. The second-order valence-electron chi connectivity index (χ2n) is 3.26. The van der Waals surface area contributed by atoms with Crippen LogP contribution in [-0.4, -0.2) is 13.1 Å². The van der Waals surface area contributed by atoms with Crippen LogP contribution in [0.2, 0.25) is 0 Å². The van der Waals surface area contributed by atoms with E-state index in [2.05, 4.69) is 36.6 Å². The largest absolute Gasteiger partial charge is 0.281 e. The van der Waals surface area contributed by atoms with Crippen LogP contribution >= 0.6 is 31.9 Å². The van der Waals surface area contributed by atoms with Gasteiger partial charge in [-0.2, -0.15) is 0 Å². The minimum absolute atomic E-state index is 0.111. The first-order valence-electron chi connectivity index (χ1n) is 4.19. The number of hydrogen-bond acceptors (Lipinski definition) is 2. The fourth-order valence-corrected chi connectivity index (χ4v) is 3.11. The second-order valence-corrected chi connectivity index (χ2v) is 7.14. The SMILES string of the molecule is Cc1cc(C)c(NS(=O)(=O)CBr)c(Br)c1. The van der Waals surface area contributed by atoms with E-state index in [0.29, 0.717) is 5.69 Å². The van der Waals surface area contributed by atoms with Crippen LogP contribution in [0, 0.1) is 13.8 Å². The maximum Gasteiger partial charge on any atom is 0.242 e. The summed E-state index contributed by atoms with van der Waals surface area (Å²) in [6, 6.07) is 3.80. The van der Waals surface area contributed by atoms with Crippen molar-refractivity contribution in [1.82, 2.24) is 0 Å². The summed E-state index contributed by atoms with van der Waals surface area (Å²) in [7, 11) is -3.29. The van der Waals surface area contributed by atoms with Crippen molar-refractivity contribution in [2.75, 3.05) is 9.38 Å². The van der Waals surface area contributed by atoms with E-state index >= 15 is 0 Å². The molecular weight excluding hydrogens is 346 g/mol. The zero-order valence-electron chi connectivity index (χ0n) is 8.34. The van der Waals surface area contributed by atoms with Crippen LogP contribution in [0.3, 0.4) is 0 Å². The van der Waals surface area contributed by atoms with E-state index < -0.39 is 10.0 Å². The van der Waals surface area contributed by atoms with E-state index in [1.807, 2.05) is 26.0 Å². The molecule has 0 fully saturated rings. The van der Waals surface area contributed by atoms with Crippen molar-refractivity contribution >= 4 is 47.6 Å². The molecule has 1 aromatic carbocycles. The summed E-state index contributed by atoms with van der Waals surface area (Å²) in [5.41, 5.74) is 2.58. The zero-order valence-corrected chi connectivity index (χ0v) is 12.3. The molecule has 0 spiro atoms. The van der Waals surface area contributed by atoms with Crippen molar-refractivity contribution < 1.29 is 8.42 Å². The van der Waals surface area contributed by atoms with Crippen molar-refractivity contribution in [2.24, 2.45) is 0 Å². The average molecular weight is 357 g/mol. The van der Waals surface area contributed by atoms with E-state index in [4.69, 9.17) is 0 Å². The topological polar surface area (TPSA) is 46.2 Å². The fraction of sp³-hybridized carbons (Fsp3) is 0.333. The molecule has 0 aliphatic rings. The predicted molar refractivity (Wildman–Crippen MR) is 70.0 cm³/mol. The monoisotopic (exact) mass is 355 g/mol. The first-order chi connectivity index (χ1) is 6.85.